The van der Waals surface area contributed by atoms with E-state index < -0.39 is 17.7 Å². The van der Waals surface area contributed by atoms with Crippen molar-refractivity contribution in [2.45, 2.75) is 94.2 Å². The summed E-state index contributed by atoms with van der Waals surface area (Å²) in [5.74, 6) is 0.109. The minimum Gasteiger partial charge on any atom is -0.477 e. The molecule has 210 valence electrons. The lowest BCUT2D eigenvalue weighted by atomic mass is 9.96. The lowest BCUT2D eigenvalue weighted by molar-refractivity contribution is -0.137. The Kier molecular flexibility index (Phi) is 6.14. The number of halogens is 3. The highest BCUT2D eigenvalue weighted by atomic mass is 19.4. The topological polar surface area (TPSA) is 91.3 Å². The van der Waals surface area contributed by atoms with Gasteiger partial charge in [-0.2, -0.15) is 13.2 Å². The second kappa shape index (κ2) is 9.61. The Hall–Kier alpha value is -3.40. The first-order valence-electron chi connectivity index (χ1n) is 14.1. The lowest BCUT2D eigenvalue weighted by Gasteiger charge is -2.39. The molecule has 2 aliphatic carbocycles. The number of carboxylic acids is 1. The fourth-order valence-corrected chi connectivity index (χ4v) is 6.62. The van der Waals surface area contributed by atoms with Gasteiger partial charge in [-0.05, 0) is 75.0 Å². The highest BCUT2D eigenvalue weighted by molar-refractivity contribution is 5.85. The molecule has 1 aromatic carbocycles. The van der Waals surface area contributed by atoms with Crippen LogP contribution < -0.4 is 4.90 Å². The second-order valence-electron chi connectivity index (χ2n) is 11.7. The first kappa shape index (κ1) is 25.6. The molecule has 2 saturated carbocycles. The van der Waals surface area contributed by atoms with E-state index in [0.717, 1.165) is 74.4 Å². The Labute approximate surface area is 229 Å². The molecule has 2 aliphatic heterocycles. The van der Waals surface area contributed by atoms with Gasteiger partial charge in [-0.1, -0.05) is 18.2 Å². The highest BCUT2D eigenvalue weighted by Gasteiger charge is 2.44. The van der Waals surface area contributed by atoms with Gasteiger partial charge in [-0.15, -0.1) is 0 Å². The van der Waals surface area contributed by atoms with Gasteiger partial charge >= 0.3 is 12.1 Å². The number of aromatic nitrogens is 3. The Bertz CT molecular complexity index is 1430. The van der Waals surface area contributed by atoms with Crippen LogP contribution in [0.15, 0.2) is 36.5 Å². The third kappa shape index (κ3) is 4.76. The number of carboxylic acid groups (broad SMARTS) is 1. The third-order valence-corrected chi connectivity index (χ3v) is 8.86. The number of nitrogens with zero attached hydrogens (tertiary/aromatic N) is 3. The molecule has 3 aromatic rings. The third-order valence-electron chi connectivity index (χ3n) is 8.86. The monoisotopic (exact) mass is 552 g/mol. The summed E-state index contributed by atoms with van der Waals surface area (Å²) in [6, 6.07) is 7.61. The highest BCUT2D eigenvalue weighted by Crippen LogP contribution is 2.47. The quantitative estimate of drug-likeness (QED) is 0.325. The van der Waals surface area contributed by atoms with Gasteiger partial charge in [0.25, 0.3) is 0 Å². The zero-order valence-electron chi connectivity index (χ0n) is 22.0. The molecule has 4 fully saturated rings. The van der Waals surface area contributed by atoms with E-state index in [4.69, 9.17) is 9.72 Å². The number of H-pyrrole nitrogens is 1. The second-order valence-corrected chi connectivity index (χ2v) is 11.7. The van der Waals surface area contributed by atoms with Crippen molar-refractivity contribution >= 4 is 11.9 Å². The molecule has 7 nitrogen and oxygen atoms in total. The minimum absolute atomic E-state index is 0.0383. The molecule has 2 bridgehead atoms. The van der Waals surface area contributed by atoms with Crippen LogP contribution in [0.4, 0.5) is 19.1 Å². The van der Waals surface area contributed by atoms with Crippen molar-refractivity contribution in [1.82, 2.24) is 15.0 Å². The Morgan fingerprint density at radius 3 is 2.35 bits per heavy atom. The largest absolute Gasteiger partial charge is 0.477 e. The maximum Gasteiger partial charge on any atom is 0.417 e. The van der Waals surface area contributed by atoms with Gasteiger partial charge in [0.2, 0.25) is 5.95 Å². The molecule has 10 heteroatoms. The summed E-state index contributed by atoms with van der Waals surface area (Å²) in [5.41, 5.74) is 2.75. The Morgan fingerprint density at radius 1 is 1.00 bits per heavy atom. The van der Waals surface area contributed by atoms with Crippen molar-refractivity contribution in [3.8, 4) is 11.1 Å². The van der Waals surface area contributed by atoms with Gasteiger partial charge < -0.3 is 19.7 Å². The van der Waals surface area contributed by atoms with Crippen molar-refractivity contribution in [2.24, 2.45) is 0 Å². The summed E-state index contributed by atoms with van der Waals surface area (Å²) >= 11 is 0. The molecule has 40 heavy (non-hydrogen) atoms. The average Bonchev–Trinajstić information content (AvgIpc) is 3.87. The zero-order chi connectivity index (χ0) is 27.6. The van der Waals surface area contributed by atoms with Gasteiger partial charge in [0.1, 0.15) is 0 Å². The molecule has 4 heterocycles. The summed E-state index contributed by atoms with van der Waals surface area (Å²) in [5, 5.41) is 9.62. The lowest BCUT2D eigenvalue weighted by Crippen LogP contribution is -2.46. The predicted octanol–water partition coefficient (Wildman–Crippen LogP) is 6.66. The molecular weight excluding hydrogens is 521 g/mol. The SMILES string of the molecule is O=C(O)c1cc(C2CC2)nc(N2C3CCC2CC(OCc2c(-c4ccccc4C(F)(F)F)c[nH]c2C2CC2)C3)n1. The van der Waals surface area contributed by atoms with Gasteiger partial charge in [0.05, 0.1) is 18.3 Å². The Balaban J connectivity index is 1.11. The number of alkyl halides is 3. The summed E-state index contributed by atoms with van der Waals surface area (Å²) in [6.45, 7) is 0.248. The van der Waals surface area contributed by atoms with Crippen LogP contribution in [-0.4, -0.2) is 44.2 Å². The molecule has 2 saturated heterocycles. The Morgan fingerprint density at radius 2 is 1.70 bits per heavy atom. The van der Waals surface area contributed by atoms with Crippen LogP contribution >= 0.6 is 0 Å². The number of aromatic amines is 1. The number of hydrogen-bond acceptors (Lipinski definition) is 5. The van der Waals surface area contributed by atoms with Crippen LogP contribution in [0.2, 0.25) is 0 Å². The number of hydrogen-bond donors (Lipinski definition) is 2. The zero-order valence-corrected chi connectivity index (χ0v) is 22.0. The van der Waals surface area contributed by atoms with Gasteiger partial charge in [-0.3, -0.25) is 0 Å². The smallest absolute Gasteiger partial charge is 0.417 e. The van der Waals surface area contributed by atoms with E-state index in [1.54, 1.807) is 18.3 Å². The maximum atomic E-state index is 13.8. The van der Waals surface area contributed by atoms with Crippen LogP contribution in [0.3, 0.4) is 0 Å². The fourth-order valence-electron chi connectivity index (χ4n) is 6.62. The number of piperidine rings is 1. The van der Waals surface area contributed by atoms with E-state index in [2.05, 4.69) is 14.9 Å². The summed E-state index contributed by atoms with van der Waals surface area (Å²) in [4.78, 5) is 26.4. The first-order chi connectivity index (χ1) is 19.3. The van der Waals surface area contributed by atoms with Crippen LogP contribution in [0.25, 0.3) is 11.1 Å². The molecule has 0 amide bonds. The number of nitrogens with one attached hydrogen (secondary N) is 1. The minimum atomic E-state index is -4.45. The van der Waals surface area contributed by atoms with Crippen molar-refractivity contribution in [2.75, 3.05) is 4.90 Å². The first-order valence-corrected chi connectivity index (χ1v) is 14.1. The number of carbonyl (C=O) groups is 1. The number of fused-ring (bicyclic) bond motifs is 2. The number of rotatable bonds is 8. The van der Waals surface area contributed by atoms with E-state index in [9.17, 15) is 23.1 Å². The van der Waals surface area contributed by atoms with Crippen molar-refractivity contribution in [3.63, 3.8) is 0 Å². The molecule has 0 spiro atoms. The summed E-state index contributed by atoms with van der Waals surface area (Å²) in [6.07, 6.45) is 4.68. The van der Waals surface area contributed by atoms with Crippen LogP contribution in [0.5, 0.6) is 0 Å². The fraction of sp³-hybridized carbons (Fsp3) is 0.500. The molecular formula is C30H31F3N4O3. The van der Waals surface area contributed by atoms with Crippen molar-refractivity contribution < 1.29 is 27.8 Å². The summed E-state index contributed by atoms with van der Waals surface area (Å²) < 4.78 is 48.0. The van der Waals surface area contributed by atoms with Gasteiger partial charge in [-0.25, -0.2) is 14.8 Å². The van der Waals surface area contributed by atoms with Crippen molar-refractivity contribution in [1.29, 1.82) is 0 Å². The maximum absolute atomic E-state index is 13.8. The van der Waals surface area contributed by atoms with Crippen LogP contribution in [0, 0.1) is 0 Å². The van der Waals surface area contributed by atoms with Crippen LogP contribution in [-0.2, 0) is 17.5 Å². The molecule has 2 aromatic heterocycles. The summed E-state index contributed by atoms with van der Waals surface area (Å²) in [7, 11) is 0. The number of benzene rings is 1. The standard InChI is InChI=1S/C30H31F3N4O3/c31-30(32,33)24-4-2-1-3-21(24)22-14-34-27(17-7-8-17)23(22)15-40-20-11-18-9-10-19(12-20)37(18)29-35-25(16-5-6-16)13-26(36-29)28(38)39/h1-4,13-14,16-20,34H,5-12,15H2,(H,38,39). The average molecular weight is 553 g/mol. The molecule has 4 aliphatic rings. The number of aromatic carboxylic acids is 1. The molecule has 2 unspecified atom stereocenters. The van der Waals surface area contributed by atoms with E-state index >= 15 is 0 Å². The number of anilines is 1. The van der Waals surface area contributed by atoms with Gasteiger partial charge in [0, 0.05) is 46.7 Å². The van der Waals surface area contributed by atoms with Crippen molar-refractivity contribution in [3.05, 3.63) is 64.7 Å². The number of ether oxygens (including phenoxy) is 1. The molecule has 0 radical (unpaired) electrons. The molecule has 7 rings (SSSR count). The van der Waals surface area contributed by atoms with E-state index in [-0.39, 0.29) is 36.1 Å². The predicted molar refractivity (Wildman–Crippen MR) is 141 cm³/mol. The molecule has 2 N–H and O–H groups in total. The van der Waals surface area contributed by atoms with Gasteiger partial charge in [0.15, 0.2) is 5.69 Å². The molecule has 2 atom stereocenters. The van der Waals surface area contributed by atoms with E-state index in [1.807, 2.05) is 0 Å². The van der Waals surface area contributed by atoms with Crippen LogP contribution in [0.1, 0.15) is 96.2 Å². The van der Waals surface area contributed by atoms with E-state index in [0.29, 0.717) is 23.3 Å². The normalized spacial score (nSPS) is 24.5. The van der Waals surface area contributed by atoms with E-state index in [1.165, 1.54) is 12.1 Å².